The maximum Gasteiger partial charge on any atom is 0.191 e. The minimum absolute atomic E-state index is 0. The number of nitrogens with one attached hydrogen (secondary N) is 2. The van der Waals surface area contributed by atoms with E-state index in [4.69, 9.17) is 4.74 Å². The van der Waals surface area contributed by atoms with E-state index >= 15 is 0 Å². The molecule has 0 saturated carbocycles. The van der Waals surface area contributed by atoms with Gasteiger partial charge in [0.2, 0.25) is 0 Å². The largest absolute Gasteiger partial charge is 0.491 e. The van der Waals surface area contributed by atoms with Crippen molar-refractivity contribution >= 4 is 41.3 Å². The van der Waals surface area contributed by atoms with Crippen LogP contribution in [0.1, 0.15) is 34.9 Å². The quantitative estimate of drug-likeness (QED) is 0.351. The van der Waals surface area contributed by atoms with Crippen molar-refractivity contribution < 1.29 is 4.74 Å². The lowest BCUT2D eigenvalue weighted by molar-refractivity contribution is 0.239. The summed E-state index contributed by atoms with van der Waals surface area (Å²) in [6.07, 6.45) is 2.96. The second-order valence-corrected chi connectivity index (χ2v) is 7.56. The van der Waals surface area contributed by atoms with Crippen LogP contribution in [-0.2, 0) is 13.0 Å². The van der Waals surface area contributed by atoms with Gasteiger partial charge in [-0.25, -0.2) is 4.98 Å². The molecule has 5 nitrogen and oxygen atoms in total. The van der Waals surface area contributed by atoms with Gasteiger partial charge in [-0.2, -0.15) is 0 Å². The maximum atomic E-state index is 5.93. The third-order valence-corrected chi connectivity index (χ3v) is 4.53. The van der Waals surface area contributed by atoms with Gasteiger partial charge in [0, 0.05) is 43.2 Å². The Labute approximate surface area is 177 Å². The fourth-order valence-electron chi connectivity index (χ4n) is 2.38. The molecule has 0 spiro atoms. The summed E-state index contributed by atoms with van der Waals surface area (Å²) in [5, 5.41) is 7.83. The Morgan fingerprint density at radius 1 is 1.27 bits per heavy atom. The second kappa shape index (κ2) is 11.4. The van der Waals surface area contributed by atoms with Crippen molar-refractivity contribution in [3.05, 3.63) is 45.4 Å². The first kappa shape index (κ1) is 22.7. The Kier molecular flexibility index (Phi) is 9.93. The van der Waals surface area contributed by atoms with Crippen LogP contribution < -0.4 is 15.4 Å². The average Bonchev–Trinajstić information content (AvgIpc) is 2.97. The predicted molar refractivity (Wildman–Crippen MR) is 121 cm³/mol. The first-order valence-electron chi connectivity index (χ1n) is 8.60. The van der Waals surface area contributed by atoms with E-state index in [1.807, 2.05) is 20.0 Å². The van der Waals surface area contributed by atoms with Crippen LogP contribution >= 0.6 is 35.3 Å². The molecule has 0 radical (unpaired) electrons. The molecular weight excluding hydrogens is 459 g/mol. The van der Waals surface area contributed by atoms with E-state index in [1.165, 1.54) is 10.4 Å². The van der Waals surface area contributed by atoms with E-state index in [2.05, 4.69) is 52.7 Å². The number of benzene rings is 1. The molecule has 0 aliphatic heterocycles. The highest BCUT2D eigenvalue weighted by Gasteiger charge is 2.07. The average molecular weight is 488 g/mol. The summed E-state index contributed by atoms with van der Waals surface area (Å²) in [5.74, 6) is 1.71. The zero-order chi connectivity index (χ0) is 18.2. The van der Waals surface area contributed by atoms with Crippen molar-refractivity contribution in [2.24, 2.45) is 4.99 Å². The van der Waals surface area contributed by atoms with E-state index in [0.717, 1.165) is 35.2 Å². The smallest absolute Gasteiger partial charge is 0.191 e. The summed E-state index contributed by atoms with van der Waals surface area (Å²) in [5.41, 5.74) is 2.32. The van der Waals surface area contributed by atoms with Crippen LogP contribution in [0, 0.1) is 13.8 Å². The second-order valence-electron chi connectivity index (χ2n) is 6.24. The first-order valence-corrected chi connectivity index (χ1v) is 9.41. The molecule has 1 heterocycles. The number of hydrogen-bond acceptors (Lipinski definition) is 4. The standard InChI is InChI=1S/C19H28N4OS.HI/c1-13(2)24-17-10-14(3)6-7-16(17)12-23-19(20-5)21-9-8-18-22-11-15(4)25-18;/h6-7,10-11,13H,8-9,12H2,1-5H3,(H2,20,21,23);1H. The number of halogens is 1. The Morgan fingerprint density at radius 3 is 2.65 bits per heavy atom. The van der Waals surface area contributed by atoms with Crippen LogP contribution in [0.2, 0.25) is 0 Å². The summed E-state index contributed by atoms with van der Waals surface area (Å²) < 4.78 is 5.93. The molecule has 7 heteroatoms. The lowest BCUT2D eigenvalue weighted by atomic mass is 10.1. The van der Waals surface area contributed by atoms with Gasteiger partial charge < -0.3 is 15.4 Å². The molecule has 2 aromatic rings. The number of guanidine groups is 1. The van der Waals surface area contributed by atoms with Gasteiger partial charge >= 0.3 is 0 Å². The number of thiazole rings is 1. The number of aliphatic imine (C=N–C) groups is 1. The van der Waals surface area contributed by atoms with Gasteiger partial charge in [-0.15, -0.1) is 35.3 Å². The number of aromatic nitrogens is 1. The van der Waals surface area contributed by atoms with Crippen molar-refractivity contribution in [1.29, 1.82) is 0 Å². The van der Waals surface area contributed by atoms with Crippen LogP contribution in [0.25, 0.3) is 0 Å². The van der Waals surface area contributed by atoms with Gasteiger partial charge in [-0.3, -0.25) is 4.99 Å². The summed E-state index contributed by atoms with van der Waals surface area (Å²) >= 11 is 1.74. The van der Waals surface area contributed by atoms with E-state index in [-0.39, 0.29) is 30.1 Å². The monoisotopic (exact) mass is 488 g/mol. The lowest BCUT2D eigenvalue weighted by Gasteiger charge is -2.17. The van der Waals surface area contributed by atoms with Crippen LogP contribution in [0.3, 0.4) is 0 Å². The molecule has 0 aliphatic carbocycles. The highest BCUT2D eigenvalue weighted by molar-refractivity contribution is 14.0. The van der Waals surface area contributed by atoms with Gasteiger partial charge in [0.05, 0.1) is 11.1 Å². The lowest BCUT2D eigenvalue weighted by Crippen LogP contribution is -2.38. The fraction of sp³-hybridized carbons (Fsp3) is 0.474. The molecule has 26 heavy (non-hydrogen) atoms. The van der Waals surface area contributed by atoms with Crippen LogP contribution in [0.15, 0.2) is 29.4 Å². The normalized spacial score (nSPS) is 11.2. The molecule has 1 aromatic carbocycles. The van der Waals surface area contributed by atoms with Gasteiger partial charge in [-0.1, -0.05) is 12.1 Å². The van der Waals surface area contributed by atoms with Gasteiger partial charge in [0.25, 0.3) is 0 Å². The fourth-order valence-corrected chi connectivity index (χ4v) is 3.16. The molecule has 0 bridgehead atoms. The molecule has 0 saturated heterocycles. The zero-order valence-corrected chi connectivity index (χ0v) is 19.3. The highest BCUT2D eigenvalue weighted by Crippen LogP contribution is 2.21. The summed E-state index contributed by atoms with van der Waals surface area (Å²) in [7, 11) is 1.78. The zero-order valence-electron chi connectivity index (χ0n) is 16.1. The number of nitrogens with zero attached hydrogens (tertiary/aromatic N) is 2. The van der Waals surface area contributed by atoms with Crippen molar-refractivity contribution in [2.75, 3.05) is 13.6 Å². The molecule has 0 fully saturated rings. The van der Waals surface area contributed by atoms with E-state index in [1.54, 1.807) is 18.4 Å². The Morgan fingerprint density at radius 2 is 2.04 bits per heavy atom. The van der Waals surface area contributed by atoms with Crippen LogP contribution in [0.5, 0.6) is 5.75 Å². The van der Waals surface area contributed by atoms with Crippen LogP contribution in [0.4, 0.5) is 0 Å². The molecule has 0 aliphatic rings. The minimum Gasteiger partial charge on any atom is -0.491 e. The maximum absolute atomic E-state index is 5.93. The third-order valence-electron chi connectivity index (χ3n) is 3.56. The Balaban J connectivity index is 0.00000338. The van der Waals surface area contributed by atoms with E-state index in [0.29, 0.717) is 6.54 Å². The topological polar surface area (TPSA) is 58.5 Å². The third kappa shape index (κ3) is 7.49. The van der Waals surface area contributed by atoms with Gasteiger partial charge in [0.1, 0.15) is 5.75 Å². The van der Waals surface area contributed by atoms with Gasteiger partial charge in [0.15, 0.2) is 5.96 Å². The first-order chi connectivity index (χ1) is 12.0. The highest BCUT2D eigenvalue weighted by atomic mass is 127. The van der Waals surface area contributed by atoms with Gasteiger partial charge in [-0.05, 0) is 39.3 Å². The Hall–Kier alpha value is -1.35. The molecule has 0 atom stereocenters. The number of ether oxygens (including phenoxy) is 1. The number of rotatable bonds is 7. The summed E-state index contributed by atoms with van der Waals surface area (Å²) in [6, 6.07) is 6.29. The van der Waals surface area contributed by atoms with Crippen molar-refractivity contribution in [1.82, 2.24) is 15.6 Å². The SMILES string of the molecule is CN=C(NCCc1ncc(C)s1)NCc1ccc(C)cc1OC(C)C.I. The van der Waals surface area contributed by atoms with Crippen LogP contribution in [-0.4, -0.2) is 30.6 Å². The number of aryl methyl sites for hydroxylation is 2. The van der Waals surface area contributed by atoms with E-state index in [9.17, 15) is 0 Å². The Bertz CT molecular complexity index is 715. The van der Waals surface area contributed by atoms with Crippen molar-refractivity contribution in [2.45, 2.75) is 46.8 Å². The summed E-state index contributed by atoms with van der Waals surface area (Å²) in [4.78, 5) is 9.91. The number of hydrogen-bond donors (Lipinski definition) is 2. The molecule has 0 unspecified atom stereocenters. The molecule has 1 aromatic heterocycles. The van der Waals surface area contributed by atoms with Crippen molar-refractivity contribution in [3.8, 4) is 5.75 Å². The molecule has 144 valence electrons. The molecule has 2 N–H and O–H groups in total. The van der Waals surface area contributed by atoms with Crippen molar-refractivity contribution in [3.63, 3.8) is 0 Å². The summed E-state index contributed by atoms with van der Waals surface area (Å²) in [6.45, 7) is 9.70. The van der Waals surface area contributed by atoms with E-state index < -0.39 is 0 Å². The molecule has 2 rings (SSSR count). The molecular formula is C19H29IN4OS. The minimum atomic E-state index is 0. The molecule has 0 amide bonds. The predicted octanol–water partition coefficient (Wildman–Crippen LogP) is 4.07.